The van der Waals surface area contributed by atoms with Gasteiger partial charge in [0.15, 0.2) is 0 Å². The highest BCUT2D eigenvalue weighted by Gasteiger charge is 2.33. The number of methoxy groups -OCH3 is 1. The molecule has 8 heteroatoms. The van der Waals surface area contributed by atoms with Crippen molar-refractivity contribution in [3.63, 3.8) is 0 Å². The summed E-state index contributed by atoms with van der Waals surface area (Å²) in [5, 5.41) is 0. The van der Waals surface area contributed by atoms with Crippen molar-refractivity contribution in [3.05, 3.63) is 41.2 Å². The van der Waals surface area contributed by atoms with Gasteiger partial charge in [0.25, 0.3) is 0 Å². The summed E-state index contributed by atoms with van der Waals surface area (Å²) < 4.78 is 32.2. The van der Waals surface area contributed by atoms with Gasteiger partial charge in [-0.25, -0.2) is 18.4 Å². The Balaban J connectivity index is 1.99. The number of ether oxygens (including phenoxy) is 1. The minimum atomic E-state index is -3.64. The molecule has 0 amide bonds. The van der Waals surface area contributed by atoms with Crippen LogP contribution in [0.25, 0.3) is 0 Å². The Kier molecular flexibility index (Phi) is 3.50. The first-order valence-corrected chi connectivity index (χ1v) is 8.11. The normalized spacial score (nSPS) is 14.8. The zero-order valence-corrected chi connectivity index (χ0v) is 13.1. The number of aromatic nitrogens is 2. The van der Waals surface area contributed by atoms with Crippen LogP contribution in [0.3, 0.4) is 0 Å². The van der Waals surface area contributed by atoms with E-state index < -0.39 is 10.0 Å². The molecule has 1 aliphatic rings. The van der Waals surface area contributed by atoms with Gasteiger partial charge in [0.2, 0.25) is 16.0 Å². The molecule has 1 aromatic carbocycles. The largest absolute Gasteiger partial charge is 0.497 e. The topological polar surface area (TPSA) is 98.4 Å². The van der Waals surface area contributed by atoms with Gasteiger partial charge in [0.1, 0.15) is 5.75 Å². The number of sulfonamides is 1. The molecule has 3 rings (SSSR count). The van der Waals surface area contributed by atoms with Crippen molar-refractivity contribution in [2.75, 3.05) is 12.8 Å². The number of hydrogen-bond donors (Lipinski definition) is 1. The first-order valence-electron chi connectivity index (χ1n) is 6.67. The van der Waals surface area contributed by atoms with Gasteiger partial charge in [-0.15, -0.1) is 0 Å². The van der Waals surface area contributed by atoms with Crippen molar-refractivity contribution in [3.8, 4) is 5.75 Å². The molecule has 0 fully saturated rings. The van der Waals surface area contributed by atoms with Crippen molar-refractivity contribution in [1.82, 2.24) is 14.3 Å². The lowest BCUT2D eigenvalue weighted by Crippen LogP contribution is -2.26. The van der Waals surface area contributed by atoms with E-state index in [-0.39, 0.29) is 23.9 Å². The smallest absolute Gasteiger partial charge is 0.244 e. The van der Waals surface area contributed by atoms with Crippen LogP contribution in [0, 0.1) is 6.92 Å². The third-order valence-corrected chi connectivity index (χ3v) is 5.59. The second-order valence-corrected chi connectivity index (χ2v) is 7.01. The van der Waals surface area contributed by atoms with Crippen LogP contribution >= 0.6 is 0 Å². The van der Waals surface area contributed by atoms with Crippen molar-refractivity contribution in [2.45, 2.75) is 24.9 Å². The summed E-state index contributed by atoms with van der Waals surface area (Å²) >= 11 is 0. The zero-order chi connectivity index (χ0) is 15.9. The van der Waals surface area contributed by atoms with Gasteiger partial charge in [-0.2, -0.15) is 4.31 Å². The quantitative estimate of drug-likeness (QED) is 0.908. The van der Waals surface area contributed by atoms with Crippen LogP contribution in [0.1, 0.15) is 16.8 Å². The molecule has 116 valence electrons. The molecule has 0 bridgehead atoms. The molecule has 0 aliphatic carbocycles. The Morgan fingerprint density at radius 2 is 2.09 bits per heavy atom. The molecule has 22 heavy (non-hydrogen) atoms. The molecule has 0 radical (unpaired) electrons. The molecular formula is C14H16N4O3S. The molecule has 1 aliphatic heterocycles. The van der Waals surface area contributed by atoms with Crippen LogP contribution in [-0.4, -0.2) is 29.8 Å². The van der Waals surface area contributed by atoms with Gasteiger partial charge >= 0.3 is 0 Å². The number of anilines is 1. The zero-order valence-electron chi connectivity index (χ0n) is 12.3. The average Bonchev–Trinajstić information content (AvgIpc) is 2.91. The monoisotopic (exact) mass is 320 g/mol. The molecular weight excluding hydrogens is 304 g/mol. The lowest BCUT2D eigenvalue weighted by atomic mass is 10.2. The van der Waals surface area contributed by atoms with Crippen LogP contribution in [0.2, 0.25) is 0 Å². The number of hydrogen-bond acceptors (Lipinski definition) is 6. The number of benzene rings is 1. The minimum Gasteiger partial charge on any atom is -0.497 e. The molecule has 2 aromatic rings. The van der Waals surface area contributed by atoms with E-state index in [2.05, 4.69) is 9.97 Å². The van der Waals surface area contributed by atoms with Crippen LogP contribution < -0.4 is 10.5 Å². The van der Waals surface area contributed by atoms with Gasteiger partial charge in [0, 0.05) is 24.4 Å². The Hall–Kier alpha value is -2.19. The number of aryl methyl sites for hydroxylation is 1. The fraction of sp³-hybridized carbons (Fsp3) is 0.286. The lowest BCUT2D eigenvalue weighted by molar-refractivity contribution is 0.410. The first kappa shape index (κ1) is 14.7. The van der Waals surface area contributed by atoms with Crippen LogP contribution in [0.4, 0.5) is 5.95 Å². The second-order valence-electron chi connectivity index (χ2n) is 5.10. The maximum atomic E-state index is 12.9. The van der Waals surface area contributed by atoms with Crippen LogP contribution in [0.5, 0.6) is 5.75 Å². The molecule has 1 aromatic heterocycles. The van der Waals surface area contributed by atoms with Gasteiger partial charge in [0.05, 0.1) is 24.2 Å². The van der Waals surface area contributed by atoms with Crippen LogP contribution in [0.15, 0.2) is 29.3 Å². The average molecular weight is 320 g/mol. The molecule has 2 heterocycles. The summed E-state index contributed by atoms with van der Waals surface area (Å²) in [7, 11) is -2.13. The van der Waals surface area contributed by atoms with Crippen molar-refractivity contribution < 1.29 is 13.2 Å². The Morgan fingerprint density at radius 3 is 2.82 bits per heavy atom. The summed E-state index contributed by atoms with van der Waals surface area (Å²) in [5.41, 5.74) is 7.65. The SMILES string of the molecule is COc1ccc(C)c(S(=O)(=O)N2Cc3cnc(N)nc3C2)c1. The predicted molar refractivity (Wildman–Crippen MR) is 80.6 cm³/mol. The van der Waals surface area contributed by atoms with E-state index in [1.807, 2.05) is 0 Å². The van der Waals surface area contributed by atoms with E-state index in [9.17, 15) is 8.42 Å². The van der Waals surface area contributed by atoms with E-state index in [0.29, 0.717) is 17.0 Å². The second kappa shape index (κ2) is 5.22. The molecule has 0 unspecified atom stereocenters. The number of rotatable bonds is 3. The summed E-state index contributed by atoms with van der Waals surface area (Å²) in [6, 6.07) is 5.00. The van der Waals surface area contributed by atoms with Crippen LogP contribution in [-0.2, 0) is 23.1 Å². The maximum Gasteiger partial charge on any atom is 0.244 e. The van der Waals surface area contributed by atoms with E-state index in [1.54, 1.807) is 25.3 Å². The highest BCUT2D eigenvalue weighted by atomic mass is 32.2. The number of nitrogens with zero attached hydrogens (tertiary/aromatic N) is 3. The number of nitrogens with two attached hydrogens (primary N) is 1. The van der Waals surface area contributed by atoms with Gasteiger partial charge < -0.3 is 10.5 Å². The Bertz CT molecular complexity index is 836. The van der Waals surface area contributed by atoms with Gasteiger partial charge in [-0.1, -0.05) is 6.07 Å². The molecule has 0 saturated carbocycles. The van der Waals surface area contributed by atoms with E-state index in [0.717, 1.165) is 5.56 Å². The molecule has 0 atom stereocenters. The Labute approximate surface area is 128 Å². The standard InChI is InChI=1S/C14H16N4O3S/c1-9-3-4-11(21-2)5-13(9)22(19,20)18-7-10-6-16-14(15)17-12(10)8-18/h3-6H,7-8H2,1-2H3,(H2,15,16,17). The summed E-state index contributed by atoms with van der Waals surface area (Å²) in [5.74, 6) is 0.653. The third kappa shape index (κ3) is 2.40. The van der Waals surface area contributed by atoms with E-state index >= 15 is 0 Å². The minimum absolute atomic E-state index is 0.149. The highest BCUT2D eigenvalue weighted by Crippen LogP contribution is 2.30. The maximum absolute atomic E-state index is 12.9. The third-order valence-electron chi connectivity index (χ3n) is 3.66. The van der Waals surface area contributed by atoms with Crippen molar-refractivity contribution >= 4 is 16.0 Å². The predicted octanol–water partition coefficient (Wildman–Crippen LogP) is 1.08. The number of fused-ring (bicyclic) bond motifs is 1. The molecule has 7 nitrogen and oxygen atoms in total. The summed E-state index contributed by atoms with van der Waals surface area (Å²) in [6.45, 7) is 2.20. The fourth-order valence-corrected chi connectivity index (χ4v) is 4.05. The first-order chi connectivity index (χ1) is 10.4. The van der Waals surface area contributed by atoms with Gasteiger partial charge in [-0.05, 0) is 18.6 Å². The molecule has 0 saturated heterocycles. The Morgan fingerprint density at radius 1 is 1.32 bits per heavy atom. The molecule has 0 spiro atoms. The summed E-state index contributed by atoms with van der Waals surface area (Å²) in [4.78, 5) is 8.25. The van der Waals surface area contributed by atoms with Crippen molar-refractivity contribution in [1.29, 1.82) is 0 Å². The van der Waals surface area contributed by atoms with E-state index in [4.69, 9.17) is 10.5 Å². The number of nitrogen functional groups attached to an aromatic ring is 1. The van der Waals surface area contributed by atoms with Gasteiger partial charge in [-0.3, -0.25) is 0 Å². The van der Waals surface area contributed by atoms with E-state index in [1.165, 1.54) is 17.5 Å². The summed E-state index contributed by atoms with van der Waals surface area (Å²) in [6.07, 6.45) is 1.58. The van der Waals surface area contributed by atoms with Crippen molar-refractivity contribution in [2.24, 2.45) is 0 Å². The lowest BCUT2D eigenvalue weighted by Gasteiger charge is -2.17. The highest BCUT2D eigenvalue weighted by molar-refractivity contribution is 7.89. The fourth-order valence-electron chi connectivity index (χ4n) is 2.43. The molecule has 2 N–H and O–H groups in total.